The van der Waals surface area contributed by atoms with E-state index in [-0.39, 0.29) is 5.91 Å². The van der Waals surface area contributed by atoms with Crippen molar-refractivity contribution in [1.82, 2.24) is 5.32 Å². The normalized spacial score (nSPS) is 18.1. The van der Waals surface area contributed by atoms with E-state index in [1.54, 1.807) is 6.26 Å². The Hall–Kier alpha value is -1.25. The summed E-state index contributed by atoms with van der Waals surface area (Å²) in [4.78, 5) is 11.9. The molecule has 0 radical (unpaired) electrons. The Labute approximate surface area is 96.2 Å². The van der Waals surface area contributed by atoms with Crippen LogP contribution in [0.4, 0.5) is 0 Å². The van der Waals surface area contributed by atoms with Crippen LogP contribution in [0.5, 0.6) is 0 Å². The second-order valence-corrected chi connectivity index (χ2v) is 4.59. The Morgan fingerprint density at radius 1 is 1.31 bits per heavy atom. The number of carbonyl (C=O) groups is 1. The van der Waals surface area contributed by atoms with Gasteiger partial charge >= 0.3 is 0 Å². The Kier molecular flexibility index (Phi) is 3.65. The maximum Gasteiger partial charge on any atom is 0.287 e. The highest BCUT2D eigenvalue weighted by Crippen LogP contribution is 2.18. The molecule has 88 valence electrons. The fourth-order valence-corrected chi connectivity index (χ4v) is 2.28. The van der Waals surface area contributed by atoms with E-state index in [0.717, 1.165) is 18.4 Å². The van der Waals surface area contributed by atoms with E-state index in [9.17, 15) is 4.79 Å². The standard InChI is InChI=1S/C13H19NO2/c1-10-8-9-16-12(10)13(15)14-11-6-4-2-3-5-7-11/h8-9,11H,2-7H2,1H3,(H,14,15). The zero-order chi connectivity index (χ0) is 11.4. The number of aryl methyl sites for hydroxylation is 1. The quantitative estimate of drug-likeness (QED) is 0.780. The number of amides is 1. The SMILES string of the molecule is Cc1ccoc1C(=O)NC1CCCCCC1. The van der Waals surface area contributed by atoms with Crippen molar-refractivity contribution in [3.05, 3.63) is 23.7 Å². The van der Waals surface area contributed by atoms with Gasteiger partial charge in [-0.1, -0.05) is 25.7 Å². The van der Waals surface area contributed by atoms with Crippen LogP contribution in [0.1, 0.15) is 54.6 Å². The van der Waals surface area contributed by atoms with E-state index in [4.69, 9.17) is 4.42 Å². The maximum absolute atomic E-state index is 11.9. The molecule has 1 N–H and O–H groups in total. The number of furan rings is 1. The fraction of sp³-hybridized carbons (Fsp3) is 0.615. The zero-order valence-electron chi connectivity index (χ0n) is 9.79. The molecule has 1 amide bonds. The highest BCUT2D eigenvalue weighted by Gasteiger charge is 2.18. The van der Waals surface area contributed by atoms with Crippen molar-refractivity contribution in [3.8, 4) is 0 Å². The summed E-state index contributed by atoms with van der Waals surface area (Å²) in [6, 6.07) is 2.15. The molecule has 1 fully saturated rings. The Morgan fingerprint density at radius 2 is 2.00 bits per heavy atom. The first-order valence-electron chi connectivity index (χ1n) is 6.12. The maximum atomic E-state index is 11.9. The smallest absolute Gasteiger partial charge is 0.287 e. The van der Waals surface area contributed by atoms with Crippen molar-refractivity contribution >= 4 is 5.91 Å². The van der Waals surface area contributed by atoms with E-state index in [0.29, 0.717) is 11.8 Å². The van der Waals surface area contributed by atoms with Crippen LogP contribution >= 0.6 is 0 Å². The second-order valence-electron chi connectivity index (χ2n) is 4.59. The van der Waals surface area contributed by atoms with Gasteiger partial charge in [-0.3, -0.25) is 4.79 Å². The fourth-order valence-electron chi connectivity index (χ4n) is 2.28. The summed E-state index contributed by atoms with van der Waals surface area (Å²) < 4.78 is 5.19. The van der Waals surface area contributed by atoms with Crippen LogP contribution in [0, 0.1) is 6.92 Å². The third-order valence-corrected chi connectivity index (χ3v) is 3.26. The van der Waals surface area contributed by atoms with Gasteiger partial charge in [0.2, 0.25) is 0 Å². The number of hydrogen-bond acceptors (Lipinski definition) is 2. The molecule has 0 atom stereocenters. The third-order valence-electron chi connectivity index (χ3n) is 3.26. The molecule has 3 heteroatoms. The van der Waals surface area contributed by atoms with Crippen molar-refractivity contribution in [2.45, 2.75) is 51.5 Å². The van der Waals surface area contributed by atoms with Gasteiger partial charge in [-0.05, 0) is 25.8 Å². The molecule has 0 aromatic carbocycles. The lowest BCUT2D eigenvalue weighted by Crippen LogP contribution is -2.34. The molecule has 0 spiro atoms. The predicted molar refractivity (Wildman–Crippen MR) is 62.4 cm³/mol. The molecular formula is C13H19NO2. The summed E-state index contributed by atoms with van der Waals surface area (Å²) in [6.07, 6.45) is 8.82. The van der Waals surface area contributed by atoms with Gasteiger partial charge in [-0.2, -0.15) is 0 Å². The van der Waals surface area contributed by atoms with Gasteiger partial charge in [0.25, 0.3) is 5.91 Å². The van der Waals surface area contributed by atoms with E-state index in [2.05, 4.69) is 5.32 Å². The summed E-state index contributed by atoms with van der Waals surface area (Å²) in [5.74, 6) is 0.402. The molecular weight excluding hydrogens is 202 g/mol. The molecule has 0 aliphatic heterocycles. The molecule has 1 aromatic heterocycles. The van der Waals surface area contributed by atoms with Crippen LogP contribution in [0.2, 0.25) is 0 Å². The minimum atomic E-state index is -0.0607. The van der Waals surface area contributed by atoms with Crippen molar-refractivity contribution in [1.29, 1.82) is 0 Å². The van der Waals surface area contributed by atoms with Gasteiger partial charge in [0.15, 0.2) is 5.76 Å². The highest BCUT2D eigenvalue weighted by molar-refractivity contribution is 5.92. The van der Waals surface area contributed by atoms with Gasteiger partial charge in [0.1, 0.15) is 0 Å². The molecule has 0 saturated heterocycles. The van der Waals surface area contributed by atoms with Gasteiger partial charge in [-0.25, -0.2) is 0 Å². The molecule has 2 rings (SSSR count). The van der Waals surface area contributed by atoms with Gasteiger partial charge in [0, 0.05) is 11.6 Å². The van der Waals surface area contributed by atoms with Crippen LogP contribution in [0.15, 0.2) is 16.7 Å². The topological polar surface area (TPSA) is 42.2 Å². The molecule has 1 aromatic rings. The Balaban J connectivity index is 1.93. The molecule has 0 unspecified atom stereocenters. The third kappa shape index (κ3) is 2.65. The van der Waals surface area contributed by atoms with Crippen LogP contribution in [-0.4, -0.2) is 11.9 Å². The van der Waals surface area contributed by atoms with E-state index >= 15 is 0 Å². The van der Waals surface area contributed by atoms with Crippen LogP contribution < -0.4 is 5.32 Å². The first-order valence-corrected chi connectivity index (χ1v) is 6.12. The first kappa shape index (κ1) is 11.2. The van der Waals surface area contributed by atoms with Crippen molar-refractivity contribution in [3.63, 3.8) is 0 Å². The summed E-state index contributed by atoms with van der Waals surface area (Å²) >= 11 is 0. The Morgan fingerprint density at radius 3 is 2.56 bits per heavy atom. The number of rotatable bonds is 2. The van der Waals surface area contributed by atoms with Gasteiger partial charge in [-0.15, -0.1) is 0 Å². The highest BCUT2D eigenvalue weighted by atomic mass is 16.3. The lowest BCUT2D eigenvalue weighted by molar-refractivity contribution is 0.0904. The van der Waals surface area contributed by atoms with E-state index in [1.165, 1.54) is 25.7 Å². The lowest BCUT2D eigenvalue weighted by atomic mass is 10.1. The lowest BCUT2D eigenvalue weighted by Gasteiger charge is -2.15. The molecule has 16 heavy (non-hydrogen) atoms. The van der Waals surface area contributed by atoms with Gasteiger partial charge in [0.05, 0.1) is 6.26 Å². The number of hydrogen-bond donors (Lipinski definition) is 1. The summed E-state index contributed by atoms with van der Waals surface area (Å²) in [5, 5.41) is 3.07. The molecule has 1 aliphatic rings. The van der Waals surface area contributed by atoms with Gasteiger partial charge < -0.3 is 9.73 Å². The largest absolute Gasteiger partial charge is 0.459 e. The summed E-state index contributed by atoms with van der Waals surface area (Å²) in [6.45, 7) is 1.89. The van der Waals surface area contributed by atoms with Crippen LogP contribution in [0.3, 0.4) is 0 Å². The van der Waals surface area contributed by atoms with Crippen LogP contribution in [-0.2, 0) is 0 Å². The summed E-state index contributed by atoms with van der Waals surface area (Å²) in [5.41, 5.74) is 0.908. The average molecular weight is 221 g/mol. The molecule has 0 bridgehead atoms. The Bertz CT molecular complexity index is 349. The summed E-state index contributed by atoms with van der Waals surface area (Å²) in [7, 11) is 0. The van der Waals surface area contributed by atoms with E-state index < -0.39 is 0 Å². The number of carbonyl (C=O) groups excluding carboxylic acids is 1. The number of nitrogens with one attached hydrogen (secondary N) is 1. The molecule has 1 heterocycles. The van der Waals surface area contributed by atoms with Crippen molar-refractivity contribution in [2.75, 3.05) is 0 Å². The second kappa shape index (κ2) is 5.19. The zero-order valence-corrected chi connectivity index (χ0v) is 9.79. The monoisotopic (exact) mass is 221 g/mol. The van der Waals surface area contributed by atoms with Crippen LogP contribution in [0.25, 0.3) is 0 Å². The molecule has 1 saturated carbocycles. The van der Waals surface area contributed by atoms with E-state index in [1.807, 2.05) is 13.0 Å². The minimum Gasteiger partial charge on any atom is -0.459 e. The average Bonchev–Trinajstić information content (AvgIpc) is 2.53. The predicted octanol–water partition coefficient (Wildman–Crippen LogP) is 3.04. The minimum absolute atomic E-state index is 0.0607. The van der Waals surface area contributed by atoms with Crippen molar-refractivity contribution in [2.24, 2.45) is 0 Å². The molecule has 1 aliphatic carbocycles. The first-order chi connectivity index (χ1) is 7.77. The van der Waals surface area contributed by atoms with Crippen molar-refractivity contribution < 1.29 is 9.21 Å². The molecule has 3 nitrogen and oxygen atoms in total.